The largest absolute Gasteiger partial charge is 0.374 e. The molecule has 0 amide bonds. The van der Waals surface area contributed by atoms with Gasteiger partial charge >= 0.3 is 0 Å². The van der Waals surface area contributed by atoms with Crippen molar-refractivity contribution in [3.8, 4) is 0 Å². The minimum Gasteiger partial charge on any atom is -0.374 e. The molecule has 0 saturated heterocycles. The van der Waals surface area contributed by atoms with E-state index < -0.39 is 0 Å². The van der Waals surface area contributed by atoms with Gasteiger partial charge in [0.25, 0.3) is 0 Å². The molecule has 1 aromatic heterocycles. The lowest BCUT2D eigenvalue weighted by atomic mass is 10.6. The summed E-state index contributed by atoms with van der Waals surface area (Å²) in [6.45, 7) is 3.22. The van der Waals surface area contributed by atoms with Gasteiger partial charge in [-0.3, -0.25) is 0 Å². The molecule has 0 saturated carbocycles. The van der Waals surface area contributed by atoms with Crippen molar-refractivity contribution >= 4 is 0 Å². The summed E-state index contributed by atoms with van der Waals surface area (Å²) < 4.78 is 9.80. The first-order valence-electron chi connectivity index (χ1n) is 3.46. The molecule has 11 heavy (non-hydrogen) atoms. The molecule has 0 radical (unpaired) electrons. The Hall–Kier alpha value is -0.940. The van der Waals surface area contributed by atoms with Crippen molar-refractivity contribution in [3.05, 3.63) is 11.7 Å². The highest BCUT2D eigenvalue weighted by atomic mass is 16.5. The van der Waals surface area contributed by atoms with Crippen molar-refractivity contribution in [2.45, 2.75) is 20.1 Å². The maximum absolute atomic E-state index is 5.25. The third-order valence-corrected chi connectivity index (χ3v) is 1.12. The average Bonchev–Trinajstić information content (AvgIpc) is 2.48. The monoisotopic (exact) mass is 157 g/mol. The summed E-state index contributed by atoms with van der Waals surface area (Å²) in [5, 5.41) is 3.63. The van der Waals surface area contributed by atoms with E-state index in [0.717, 1.165) is 0 Å². The lowest BCUT2D eigenvalue weighted by Gasteiger charge is -1.91. The second-order valence-electron chi connectivity index (χ2n) is 1.95. The molecule has 0 spiro atoms. The first-order chi connectivity index (χ1) is 5.36. The maximum Gasteiger partial charge on any atom is 0.240 e. The normalized spacial score (nSPS) is 10.4. The van der Waals surface area contributed by atoms with Crippen molar-refractivity contribution < 1.29 is 9.26 Å². The second-order valence-corrected chi connectivity index (χ2v) is 1.95. The lowest BCUT2D eigenvalue weighted by Crippen LogP contribution is -1.97. The van der Waals surface area contributed by atoms with Crippen LogP contribution in [-0.2, 0) is 17.9 Å². The Morgan fingerprint density at radius 1 is 1.64 bits per heavy atom. The highest BCUT2D eigenvalue weighted by Gasteiger charge is 2.02. The van der Waals surface area contributed by atoms with Gasteiger partial charge in [0.15, 0.2) is 5.82 Å². The van der Waals surface area contributed by atoms with Gasteiger partial charge in [0.1, 0.15) is 6.61 Å². The van der Waals surface area contributed by atoms with Crippen molar-refractivity contribution in [1.82, 2.24) is 10.1 Å². The summed E-state index contributed by atoms with van der Waals surface area (Å²) in [6.07, 6.45) is 0. The Kier molecular flexibility index (Phi) is 3.00. The van der Waals surface area contributed by atoms with E-state index in [4.69, 9.17) is 15.0 Å². The summed E-state index contributed by atoms with van der Waals surface area (Å²) >= 11 is 0. The van der Waals surface area contributed by atoms with E-state index >= 15 is 0 Å². The zero-order valence-corrected chi connectivity index (χ0v) is 6.41. The molecule has 1 aromatic rings. The summed E-state index contributed by atoms with van der Waals surface area (Å²) in [7, 11) is 0. The third-order valence-electron chi connectivity index (χ3n) is 1.12. The van der Waals surface area contributed by atoms with Crippen molar-refractivity contribution in [2.24, 2.45) is 5.73 Å². The van der Waals surface area contributed by atoms with Gasteiger partial charge in [0, 0.05) is 6.61 Å². The predicted octanol–water partition coefficient (Wildman–Crippen LogP) is 0.0648. The molecule has 62 valence electrons. The fourth-order valence-corrected chi connectivity index (χ4v) is 0.625. The molecule has 0 aliphatic rings. The second kappa shape index (κ2) is 4.05. The molecule has 0 aliphatic heterocycles. The van der Waals surface area contributed by atoms with Crippen LogP contribution in [0.2, 0.25) is 0 Å². The Morgan fingerprint density at radius 3 is 3.00 bits per heavy atom. The van der Waals surface area contributed by atoms with Gasteiger partial charge in [0.05, 0.1) is 6.54 Å². The molecule has 0 unspecified atom stereocenters. The van der Waals surface area contributed by atoms with Gasteiger partial charge < -0.3 is 15.0 Å². The minimum absolute atomic E-state index is 0.277. The van der Waals surface area contributed by atoms with Gasteiger partial charge in [-0.05, 0) is 6.92 Å². The fraction of sp³-hybridized carbons (Fsp3) is 0.667. The quantitative estimate of drug-likeness (QED) is 0.669. The Labute approximate surface area is 64.5 Å². The predicted molar refractivity (Wildman–Crippen MR) is 37.5 cm³/mol. The molecule has 1 rings (SSSR count). The summed E-state index contributed by atoms with van der Waals surface area (Å²) in [4.78, 5) is 3.94. The molecular formula is C6H11N3O2. The third kappa shape index (κ3) is 2.28. The maximum atomic E-state index is 5.25. The van der Waals surface area contributed by atoms with Crippen LogP contribution < -0.4 is 5.73 Å². The van der Waals surface area contributed by atoms with Crippen molar-refractivity contribution in [3.63, 3.8) is 0 Å². The van der Waals surface area contributed by atoms with Crippen molar-refractivity contribution in [1.29, 1.82) is 0 Å². The number of hydrogen-bond acceptors (Lipinski definition) is 5. The molecule has 0 atom stereocenters. The Bertz CT molecular complexity index is 211. The van der Waals surface area contributed by atoms with Crippen LogP contribution in [0.15, 0.2) is 4.52 Å². The zero-order valence-electron chi connectivity index (χ0n) is 6.41. The first-order valence-corrected chi connectivity index (χ1v) is 3.46. The lowest BCUT2D eigenvalue weighted by molar-refractivity contribution is 0.126. The molecule has 5 heteroatoms. The topological polar surface area (TPSA) is 74.2 Å². The SMILES string of the molecule is CCOCc1noc(CN)n1. The standard InChI is InChI=1S/C6H11N3O2/c1-2-10-4-5-8-6(3-7)11-9-5/h2-4,7H2,1H3. The van der Waals surface area contributed by atoms with Crippen LogP contribution in [0, 0.1) is 0 Å². The Balaban J connectivity index is 2.44. The number of nitrogens with two attached hydrogens (primary N) is 1. The van der Waals surface area contributed by atoms with Gasteiger partial charge in [-0.2, -0.15) is 4.98 Å². The van der Waals surface area contributed by atoms with E-state index in [9.17, 15) is 0 Å². The molecule has 2 N–H and O–H groups in total. The van der Waals surface area contributed by atoms with Gasteiger partial charge in [-0.25, -0.2) is 0 Å². The van der Waals surface area contributed by atoms with E-state index in [1.54, 1.807) is 0 Å². The van der Waals surface area contributed by atoms with Gasteiger partial charge in [-0.15, -0.1) is 0 Å². The van der Waals surface area contributed by atoms with Crippen LogP contribution in [0.3, 0.4) is 0 Å². The van der Waals surface area contributed by atoms with Crippen LogP contribution in [0.25, 0.3) is 0 Å². The Morgan fingerprint density at radius 2 is 2.45 bits per heavy atom. The smallest absolute Gasteiger partial charge is 0.240 e. The van der Waals surface area contributed by atoms with Crippen LogP contribution in [0.5, 0.6) is 0 Å². The molecule has 0 fully saturated rings. The summed E-state index contributed by atoms with van der Waals surface area (Å²) in [5.74, 6) is 0.993. The molecule has 0 aromatic carbocycles. The summed E-state index contributed by atoms with van der Waals surface area (Å²) in [6, 6.07) is 0. The number of nitrogens with zero attached hydrogens (tertiary/aromatic N) is 2. The number of rotatable bonds is 4. The molecule has 1 heterocycles. The zero-order chi connectivity index (χ0) is 8.10. The number of ether oxygens (including phenoxy) is 1. The highest BCUT2D eigenvalue weighted by Crippen LogP contribution is 1.96. The number of aromatic nitrogens is 2. The van der Waals surface area contributed by atoms with E-state index in [2.05, 4.69) is 10.1 Å². The molecular weight excluding hydrogens is 146 g/mol. The minimum atomic E-state index is 0.277. The van der Waals surface area contributed by atoms with E-state index in [1.807, 2.05) is 6.92 Å². The van der Waals surface area contributed by atoms with E-state index in [1.165, 1.54) is 0 Å². The molecule has 0 bridgehead atoms. The van der Waals surface area contributed by atoms with Crippen LogP contribution >= 0.6 is 0 Å². The number of hydrogen-bond donors (Lipinski definition) is 1. The summed E-state index contributed by atoms with van der Waals surface area (Å²) in [5.41, 5.74) is 5.25. The van der Waals surface area contributed by atoms with Crippen molar-refractivity contribution in [2.75, 3.05) is 6.61 Å². The molecule has 5 nitrogen and oxygen atoms in total. The molecule has 0 aliphatic carbocycles. The van der Waals surface area contributed by atoms with Crippen LogP contribution in [-0.4, -0.2) is 16.7 Å². The first kappa shape index (κ1) is 8.16. The van der Waals surface area contributed by atoms with E-state index in [0.29, 0.717) is 24.9 Å². The van der Waals surface area contributed by atoms with Crippen LogP contribution in [0.4, 0.5) is 0 Å². The van der Waals surface area contributed by atoms with Gasteiger partial charge in [0.2, 0.25) is 5.89 Å². The van der Waals surface area contributed by atoms with E-state index in [-0.39, 0.29) is 6.54 Å². The average molecular weight is 157 g/mol. The highest BCUT2D eigenvalue weighted by molar-refractivity contribution is 4.82. The van der Waals surface area contributed by atoms with Gasteiger partial charge in [-0.1, -0.05) is 5.16 Å². The van der Waals surface area contributed by atoms with Crippen LogP contribution in [0.1, 0.15) is 18.6 Å². The fourth-order valence-electron chi connectivity index (χ4n) is 0.625.